The van der Waals surface area contributed by atoms with Crippen LogP contribution in [-0.2, 0) is 13.0 Å². The van der Waals surface area contributed by atoms with Crippen molar-refractivity contribution in [1.29, 1.82) is 5.26 Å². The molecule has 3 aromatic rings. The van der Waals surface area contributed by atoms with Gasteiger partial charge in [0.2, 0.25) is 0 Å². The van der Waals surface area contributed by atoms with Gasteiger partial charge in [0, 0.05) is 25.6 Å². The zero-order valence-corrected chi connectivity index (χ0v) is 15.1. The average molecular weight is 346 g/mol. The van der Waals surface area contributed by atoms with Gasteiger partial charge in [-0.15, -0.1) is 0 Å². The molecule has 26 heavy (non-hydrogen) atoms. The third-order valence-electron chi connectivity index (χ3n) is 4.50. The lowest BCUT2D eigenvalue weighted by atomic mass is 10.1. The Labute approximate surface area is 152 Å². The number of nitrogens with zero attached hydrogens (tertiary/aromatic N) is 3. The van der Waals surface area contributed by atoms with Gasteiger partial charge >= 0.3 is 0 Å². The van der Waals surface area contributed by atoms with E-state index in [-0.39, 0.29) is 5.56 Å². The van der Waals surface area contributed by atoms with E-state index >= 15 is 0 Å². The van der Waals surface area contributed by atoms with Gasteiger partial charge in [-0.2, -0.15) is 5.26 Å². The van der Waals surface area contributed by atoms with Gasteiger partial charge in [0.15, 0.2) is 0 Å². The first kappa shape index (κ1) is 17.8. The molecule has 132 valence electrons. The molecule has 5 heteroatoms. The van der Waals surface area contributed by atoms with Crippen molar-refractivity contribution in [2.45, 2.75) is 32.9 Å². The largest absolute Gasteiger partial charge is 0.310 e. The summed E-state index contributed by atoms with van der Waals surface area (Å²) in [4.78, 5) is 22.0. The van der Waals surface area contributed by atoms with E-state index in [4.69, 9.17) is 5.26 Å². The fourth-order valence-electron chi connectivity index (χ4n) is 2.94. The van der Waals surface area contributed by atoms with Gasteiger partial charge in [-0.1, -0.05) is 24.3 Å². The number of nitriles is 1. The molecule has 0 radical (unpaired) electrons. The Bertz CT molecular complexity index is 983. The van der Waals surface area contributed by atoms with Gasteiger partial charge in [-0.05, 0) is 43.7 Å². The van der Waals surface area contributed by atoms with Crippen LogP contribution in [0.3, 0.4) is 0 Å². The van der Waals surface area contributed by atoms with Gasteiger partial charge in [0.1, 0.15) is 5.82 Å². The Kier molecular flexibility index (Phi) is 5.45. The number of aromatic amines is 1. The molecule has 0 aliphatic rings. The SMILES string of the molecule is CC(C)N(CCc1nc2ccccc2c(=O)[nH]1)Cc1ccc(C#N)cc1. The molecule has 0 saturated heterocycles. The first-order chi connectivity index (χ1) is 12.6. The van der Waals surface area contributed by atoms with Crippen molar-refractivity contribution < 1.29 is 0 Å². The van der Waals surface area contributed by atoms with Gasteiger partial charge in [-0.25, -0.2) is 4.98 Å². The minimum absolute atomic E-state index is 0.0891. The highest BCUT2D eigenvalue weighted by molar-refractivity contribution is 5.77. The van der Waals surface area contributed by atoms with E-state index < -0.39 is 0 Å². The molecular formula is C21H22N4O. The summed E-state index contributed by atoms with van der Waals surface area (Å²) < 4.78 is 0. The molecule has 0 saturated carbocycles. The van der Waals surface area contributed by atoms with Gasteiger partial charge < -0.3 is 4.98 Å². The Morgan fingerprint density at radius 2 is 1.88 bits per heavy atom. The first-order valence-corrected chi connectivity index (χ1v) is 8.78. The fraction of sp³-hybridized carbons (Fsp3) is 0.286. The fourth-order valence-corrected chi connectivity index (χ4v) is 2.94. The van der Waals surface area contributed by atoms with Crippen LogP contribution in [0.4, 0.5) is 0 Å². The molecule has 0 bridgehead atoms. The number of para-hydroxylation sites is 1. The number of aromatic nitrogens is 2. The second kappa shape index (κ2) is 7.94. The lowest BCUT2D eigenvalue weighted by Gasteiger charge is -2.26. The molecule has 2 aromatic carbocycles. The Balaban J connectivity index is 1.72. The summed E-state index contributed by atoms with van der Waals surface area (Å²) in [6, 6.07) is 17.6. The standard InChI is InChI=1S/C21H22N4O/c1-15(2)25(14-17-9-7-16(13-22)8-10-17)12-11-20-23-19-6-4-3-5-18(19)21(26)24-20/h3-10,15H,11-12,14H2,1-2H3,(H,23,24,26). The van der Waals surface area contributed by atoms with Crippen LogP contribution in [0.5, 0.6) is 0 Å². The quantitative estimate of drug-likeness (QED) is 0.743. The van der Waals surface area contributed by atoms with Crippen molar-refractivity contribution in [3.05, 3.63) is 75.8 Å². The van der Waals surface area contributed by atoms with E-state index in [0.29, 0.717) is 29.2 Å². The number of nitrogens with one attached hydrogen (secondary N) is 1. The highest BCUT2D eigenvalue weighted by atomic mass is 16.1. The summed E-state index contributed by atoms with van der Waals surface area (Å²) >= 11 is 0. The predicted octanol–water partition coefficient (Wildman–Crippen LogP) is 3.25. The number of hydrogen-bond acceptors (Lipinski definition) is 4. The van der Waals surface area contributed by atoms with Crippen LogP contribution in [0.1, 0.15) is 30.8 Å². The van der Waals surface area contributed by atoms with Crippen LogP contribution in [0.2, 0.25) is 0 Å². The lowest BCUT2D eigenvalue weighted by Crippen LogP contribution is -2.33. The molecule has 0 spiro atoms. The summed E-state index contributed by atoms with van der Waals surface area (Å²) in [5, 5.41) is 9.53. The lowest BCUT2D eigenvalue weighted by molar-refractivity contribution is 0.214. The van der Waals surface area contributed by atoms with Crippen LogP contribution in [-0.4, -0.2) is 27.5 Å². The van der Waals surface area contributed by atoms with E-state index in [2.05, 4.69) is 34.8 Å². The summed E-state index contributed by atoms with van der Waals surface area (Å²) in [6.07, 6.45) is 0.675. The Morgan fingerprint density at radius 1 is 1.15 bits per heavy atom. The minimum atomic E-state index is -0.0891. The van der Waals surface area contributed by atoms with Crippen molar-refractivity contribution in [3.63, 3.8) is 0 Å². The number of benzene rings is 2. The molecule has 0 fully saturated rings. The van der Waals surface area contributed by atoms with E-state index in [1.54, 1.807) is 6.07 Å². The monoisotopic (exact) mass is 346 g/mol. The predicted molar refractivity (Wildman–Crippen MR) is 103 cm³/mol. The van der Waals surface area contributed by atoms with E-state index in [9.17, 15) is 4.79 Å². The zero-order chi connectivity index (χ0) is 18.5. The number of rotatable bonds is 6. The minimum Gasteiger partial charge on any atom is -0.310 e. The van der Waals surface area contributed by atoms with Crippen LogP contribution in [0, 0.1) is 11.3 Å². The maximum atomic E-state index is 12.2. The molecule has 0 amide bonds. The number of hydrogen-bond donors (Lipinski definition) is 1. The summed E-state index contributed by atoms with van der Waals surface area (Å²) in [6.45, 7) is 5.89. The van der Waals surface area contributed by atoms with Gasteiger partial charge in [-0.3, -0.25) is 9.69 Å². The maximum Gasteiger partial charge on any atom is 0.258 e. The molecule has 1 aromatic heterocycles. The molecule has 0 atom stereocenters. The first-order valence-electron chi connectivity index (χ1n) is 8.78. The highest BCUT2D eigenvalue weighted by Gasteiger charge is 2.12. The molecule has 0 aliphatic heterocycles. The number of H-pyrrole nitrogens is 1. The molecule has 0 aliphatic carbocycles. The van der Waals surface area contributed by atoms with Crippen LogP contribution >= 0.6 is 0 Å². The number of fused-ring (bicyclic) bond motifs is 1. The second-order valence-electron chi connectivity index (χ2n) is 6.65. The van der Waals surface area contributed by atoms with Crippen molar-refractivity contribution >= 4 is 10.9 Å². The van der Waals surface area contributed by atoms with Crippen molar-refractivity contribution in [2.24, 2.45) is 0 Å². The van der Waals surface area contributed by atoms with Crippen LogP contribution in [0.15, 0.2) is 53.3 Å². The van der Waals surface area contributed by atoms with Crippen LogP contribution in [0.25, 0.3) is 10.9 Å². The smallest absolute Gasteiger partial charge is 0.258 e. The zero-order valence-electron chi connectivity index (χ0n) is 15.1. The Morgan fingerprint density at radius 3 is 2.58 bits per heavy atom. The second-order valence-corrected chi connectivity index (χ2v) is 6.65. The van der Waals surface area contributed by atoms with Crippen LogP contribution < -0.4 is 5.56 Å². The molecule has 1 heterocycles. The molecule has 5 nitrogen and oxygen atoms in total. The summed E-state index contributed by atoms with van der Waals surface area (Å²) in [5.74, 6) is 0.708. The van der Waals surface area contributed by atoms with E-state index in [1.165, 1.54) is 0 Å². The van der Waals surface area contributed by atoms with E-state index in [0.717, 1.165) is 24.2 Å². The van der Waals surface area contributed by atoms with Gasteiger partial charge in [0.25, 0.3) is 5.56 Å². The summed E-state index contributed by atoms with van der Waals surface area (Å²) in [7, 11) is 0. The maximum absolute atomic E-state index is 12.2. The molecular weight excluding hydrogens is 324 g/mol. The third kappa shape index (κ3) is 4.16. The van der Waals surface area contributed by atoms with Gasteiger partial charge in [0.05, 0.1) is 22.5 Å². The Hall–Kier alpha value is -2.97. The normalized spacial score (nSPS) is 11.2. The molecule has 0 unspecified atom stereocenters. The molecule has 3 rings (SSSR count). The highest BCUT2D eigenvalue weighted by Crippen LogP contribution is 2.11. The average Bonchev–Trinajstić information content (AvgIpc) is 2.65. The van der Waals surface area contributed by atoms with Crippen molar-refractivity contribution in [3.8, 4) is 6.07 Å². The molecule has 1 N–H and O–H groups in total. The summed E-state index contributed by atoms with van der Waals surface area (Å²) in [5.41, 5.74) is 2.48. The van der Waals surface area contributed by atoms with E-state index in [1.807, 2.05) is 42.5 Å². The van der Waals surface area contributed by atoms with Crippen molar-refractivity contribution in [1.82, 2.24) is 14.9 Å². The topological polar surface area (TPSA) is 72.8 Å². The third-order valence-corrected chi connectivity index (χ3v) is 4.50. The van der Waals surface area contributed by atoms with Crippen molar-refractivity contribution in [2.75, 3.05) is 6.54 Å².